The second-order valence-electron chi connectivity index (χ2n) is 10.8. The summed E-state index contributed by atoms with van der Waals surface area (Å²) in [7, 11) is 0. The van der Waals surface area contributed by atoms with E-state index in [2.05, 4.69) is 133 Å². The number of hydrogen-bond acceptors (Lipinski definition) is 5. The van der Waals surface area contributed by atoms with Crippen molar-refractivity contribution in [3.05, 3.63) is 140 Å². The molecule has 0 aliphatic heterocycles. The molecule has 0 saturated heterocycles. The van der Waals surface area contributed by atoms with E-state index in [4.69, 9.17) is 15.0 Å². The number of fused-ring (bicyclic) bond motifs is 6. The van der Waals surface area contributed by atoms with Crippen LogP contribution in [0.15, 0.2) is 140 Å². The molecule has 0 atom stereocenters. The van der Waals surface area contributed by atoms with E-state index in [1.807, 2.05) is 17.4 Å². The second-order valence-corrected chi connectivity index (χ2v) is 13.0. The van der Waals surface area contributed by atoms with Crippen molar-refractivity contribution >= 4 is 63.0 Å². The summed E-state index contributed by atoms with van der Waals surface area (Å²) >= 11 is 3.62. The molecule has 0 aliphatic rings. The third kappa shape index (κ3) is 4.21. The zero-order chi connectivity index (χ0) is 29.0. The third-order valence-electron chi connectivity index (χ3n) is 8.16. The lowest BCUT2D eigenvalue weighted by Crippen LogP contribution is -2.00. The van der Waals surface area contributed by atoms with E-state index in [-0.39, 0.29) is 0 Å². The van der Waals surface area contributed by atoms with Gasteiger partial charge >= 0.3 is 0 Å². The molecule has 5 heteroatoms. The first-order chi connectivity index (χ1) is 21.8. The molecule has 0 unspecified atom stereocenters. The normalized spacial score (nSPS) is 11.6. The predicted octanol–water partition coefficient (Wildman–Crippen LogP) is 11.3. The highest BCUT2D eigenvalue weighted by Gasteiger charge is 2.17. The summed E-state index contributed by atoms with van der Waals surface area (Å²) in [4.78, 5) is 15.4. The van der Waals surface area contributed by atoms with E-state index >= 15 is 0 Å². The molecule has 0 radical (unpaired) electrons. The van der Waals surface area contributed by atoms with Crippen molar-refractivity contribution in [3.63, 3.8) is 0 Å². The Morgan fingerprint density at radius 1 is 0.341 bits per heavy atom. The molecule has 0 N–H and O–H groups in total. The zero-order valence-electron chi connectivity index (χ0n) is 23.4. The summed E-state index contributed by atoms with van der Waals surface area (Å²) in [5.41, 5.74) is 5.30. The molecular formula is C39H23N3S2. The molecule has 44 heavy (non-hydrogen) atoms. The van der Waals surface area contributed by atoms with Crippen LogP contribution >= 0.6 is 22.7 Å². The van der Waals surface area contributed by atoms with Crippen LogP contribution in [0.5, 0.6) is 0 Å². The van der Waals surface area contributed by atoms with Gasteiger partial charge in [0.25, 0.3) is 0 Å². The lowest BCUT2D eigenvalue weighted by atomic mass is 10.0. The van der Waals surface area contributed by atoms with E-state index in [1.54, 1.807) is 11.3 Å². The molecular weight excluding hydrogens is 575 g/mol. The molecule has 9 rings (SSSR count). The molecule has 3 nitrogen and oxygen atoms in total. The first-order valence-corrected chi connectivity index (χ1v) is 16.2. The molecule has 6 aromatic carbocycles. The number of rotatable bonds is 4. The average Bonchev–Trinajstić information content (AvgIpc) is 3.67. The van der Waals surface area contributed by atoms with Gasteiger partial charge in [-0.15, -0.1) is 22.7 Å². The molecule has 0 spiro atoms. The molecule has 3 heterocycles. The Balaban J connectivity index is 1.26. The smallest absolute Gasteiger partial charge is 0.164 e. The number of aromatic nitrogens is 3. The van der Waals surface area contributed by atoms with Crippen LogP contribution in [-0.2, 0) is 0 Å². The van der Waals surface area contributed by atoms with E-state index in [0.717, 1.165) is 22.3 Å². The predicted molar refractivity (Wildman–Crippen MR) is 187 cm³/mol. The van der Waals surface area contributed by atoms with Gasteiger partial charge in [-0.1, -0.05) is 103 Å². The Bertz CT molecular complexity index is 2490. The fourth-order valence-electron chi connectivity index (χ4n) is 6.02. The number of nitrogens with zero attached hydrogens (tertiary/aromatic N) is 3. The third-order valence-corrected chi connectivity index (χ3v) is 10.5. The van der Waals surface area contributed by atoms with Crippen LogP contribution in [0, 0.1) is 0 Å². The van der Waals surface area contributed by atoms with Crippen LogP contribution in [0.3, 0.4) is 0 Å². The summed E-state index contributed by atoms with van der Waals surface area (Å²) in [6.07, 6.45) is 0. The topological polar surface area (TPSA) is 38.7 Å². The molecule has 0 saturated carbocycles. The summed E-state index contributed by atoms with van der Waals surface area (Å²) in [6.45, 7) is 0. The van der Waals surface area contributed by atoms with Gasteiger partial charge in [0.15, 0.2) is 17.5 Å². The van der Waals surface area contributed by atoms with E-state index in [1.165, 1.54) is 45.9 Å². The van der Waals surface area contributed by atoms with Gasteiger partial charge in [0, 0.05) is 57.0 Å². The average molecular weight is 598 g/mol. The summed E-state index contributed by atoms with van der Waals surface area (Å²) in [5.74, 6) is 2.02. The van der Waals surface area contributed by atoms with Gasteiger partial charge in [0.1, 0.15) is 0 Å². The molecule has 9 aromatic rings. The standard InChI is InChI=1S/C39H23N3S2/c1-2-9-24(10-3-1)25-17-19-26(20-18-25)37-40-38(27-21-22-34-31(23-27)28-11-4-6-14-32(28)43-34)42-39(41-37)30-13-8-16-35-36(30)29-12-5-7-15-33(29)44-35/h1-23H. The van der Waals surface area contributed by atoms with Crippen molar-refractivity contribution in [3.8, 4) is 45.3 Å². The SMILES string of the molecule is c1ccc(-c2ccc(-c3nc(-c4ccc5sc6ccccc6c5c4)nc(-c4cccc5sc6ccccc6c45)n3)cc2)cc1. The number of thiophene rings is 2. The maximum absolute atomic E-state index is 5.16. The van der Waals surface area contributed by atoms with Crippen molar-refractivity contribution in [2.75, 3.05) is 0 Å². The van der Waals surface area contributed by atoms with Gasteiger partial charge in [-0.05, 0) is 47.5 Å². The van der Waals surface area contributed by atoms with Gasteiger partial charge in [0.2, 0.25) is 0 Å². The minimum Gasteiger partial charge on any atom is -0.208 e. The fourth-order valence-corrected chi connectivity index (χ4v) is 8.24. The molecule has 0 fully saturated rings. The van der Waals surface area contributed by atoms with Crippen LogP contribution in [0.2, 0.25) is 0 Å². The van der Waals surface area contributed by atoms with Crippen molar-refractivity contribution in [1.82, 2.24) is 15.0 Å². The second kappa shape index (κ2) is 10.2. The Morgan fingerprint density at radius 2 is 0.886 bits per heavy atom. The van der Waals surface area contributed by atoms with Crippen LogP contribution in [0.4, 0.5) is 0 Å². The minimum atomic E-state index is 0.663. The minimum absolute atomic E-state index is 0.663. The first kappa shape index (κ1) is 25.3. The molecule has 206 valence electrons. The molecule has 0 aliphatic carbocycles. The zero-order valence-corrected chi connectivity index (χ0v) is 25.1. The molecule has 0 bridgehead atoms. The highest BCUT2D eigenvalue weighted by Crippen LogP contribution is 2.40. The first-order valence-electron chi connectivity index (χ1n) is 14.5. The Hall–Kier alpha value is -5.23. The van der Waals surface area contributed by atoms with E-state index in [0.29, 0.717) is 17.5 Å². The van der Waals surface area contributed by atoms with Crippen molar-refractivity contribution in [2.24, 2.45) is 0 Å². The van der Waals surface area contributed by atoms with Gasteiger partial charge in [-0.2, -0.15) is 0 Å². The summed E-state index contributed by atoms with van der Waals surface area (Å²) in [5, 5.41) is 4.90. The Morgan fingerprint density at radius 3 is 1.70 bits per heavy atom. The monoisotopic (exact) mass is 597 g/mol. The van der Waals surface area contributed by atoms with Crippen molar-refractivity contribution in [1.29, 1.82) is 0 Å². The maximum Gasteiger partial charge on any atom is 0.164 e. The van der Waals surface area contributed by atoms with Gasteiger partial charge in [-0.3, -0.25) is 0 Å². The summed E-state index contributed by atoms with van der Waals surface area (Å²) in [6, 6.07) is 49.1. The highest BCUT2D eigenvalue weighted by atomic mass is 32.1. The van der Waals surface area contributed by atoms with Crippen LogP contribution in [-0.4, -0.2) is 15.0 Å². The highest BCUT2D eigenvalue weighted by molar-refractivity contribution is 7.26. The maximum atomic E-state index is 5.16. The van der Waals surface area contributed by atoms with Crippen molar-refractivity contribution in [2.45, 2.75) is 0 Å². The van der Waals surface area contributed by atoms with Crippen LogP contribution < -0.4 is 0 Å². The van der Waals surface area contributed by atoms with Crippen molar-refractivity contribution < 1.29 is 0 Å². The Labute approximate surface area is 261 Å². The molecule has 0 amide bonds. The Kier molecular flexibility index (Phi) is 5.86. The summed E-state index contributed by atoms with van der Waals surface area (Å²) < 4.78 is 5.03. The van der Waals surface area contributed by atoms with Crippen LogP contribution in [0.25, 0.3) is 85.6 Å². The van der Waals surface area contributed by atoms with Gasteiger partial charge in [-0.25, -0.2) is 15.0 Å². The number of benzene rings is 6. The lowest BCUT2D eigenvalue weighted by Gasteiger charge is -2.10. The lowest BCUT2D eigenvalue weighted by molar-refractivity contribution is 1.08. The number of hydrogen-bond donors (Lipinski definition) is 0. The van der Waals surface area contributed by atoms with Crippen LogP contribution in [0.1, 0.15) is 0 Å². The van der Waals surface area contributed by atoms with E-state index in [9.17, 15) is 0 Å². The largest absolute Gasteiger partial charge is 0.208 e. The van der Waals surface area contributed by atoms with Gasteiger partial charge in [0.05, 0.1) is 0 Å². The van der Waals surface area contributed by atoms with Gasteiger partial charge < -0.3 is 0 Å². The fraction of sp³-hybridized carbons (Fsp3) is 0. The quantitative estimate of drug-likeness (QED) is 0.203. The van der Waals surface area contributed by atoms with E-state index < -0.39 is 0 Å². The molecule has 3 aromatic heterocycles.